The lowest BCUT2D eigenvalue weighted by molar-refractivity contribution is -0.173. The Kier molecular flexibility index (Phi) is 3.97. The Labute approximate surface area is 101 Å². The number of carbonyl (C=O) groups is 1. The van der Waals surface area contributed by atoms with Crippen molar-refractivity contribution >= 4 is 15.9 Å². The van der Waals surface area contributed by atoms with Gasteiger partial charge in [-0.3, -0.25) is 4.79 Å². The molecule has 0 fully saturated rings. The monoisotopic (exact) mass is 282 g/mol. The summed E-state index contributed by atoms with van der Waals surface area (Å²) >= 11 is 0. The Bertz CT molecular complexity index is 554. The second kappa shape index (κ2) is 4.94. The predicted octanol–water partition coefficient (Wildman–Crippen LogP) is 0.513. The molecule has 1 aromatic rings. The fourth-order valence-corrected chi connectivity index (χ4v) is 1.70. The van der Waals surface area contributed by atoms with E-state index in [1.54, 1.807) is 5.32 Å². The van der Waals surface area contributed by atoms with Crippen LogP contribution in [-0.4, -0.2) is 20.5 Å². The zero-order chi connectivity index (χ0) is 14.0. The number of benzene rings is 1. The highest BCUT2D eigenvalue weighted by Gasteiger charge is 2.38. The summed E-state index contributed by atoms with van der Waals surface area (Å²) in [5.41, 5.74) is 0.194. The maximum atomic E-state index is 11.9. The van der Waals surface area contributed by atoms with Crippen molar-refractivity contribution in [3.63, 3.8) is 0 Å². The van der Waals surface area contributed by atoms with Gasteiger partial charge < -0.3 is 5.32 Å². The maximum absolute atomic E-state index is 11.9. The van der Waals surface area contributed by atoms with Crippen molar-refractivity contribution in [3.05, 3.63) is 29.8 Å². The normalized spacial score (nSPS) is 12.2. The SMILES string of the molecule is NS(=O)(=O)c1cccc(CNC(=O)C(F)(F)F)c1. The van der Waals surface area contributed by atoms with Crippen molar-refractivity contribution in [2.24, 2.45) is 5.14 Å². The molecule has 0 unspecified atom stereocenters. The van der Waals surface area contributed by atoms with Crippen LogP contribution in [0.3, 0.4) is 0 Å². The van der Waals surface area contributed by atoms with E-state index < -0.39 is 28.7 Å². The molecule has 0 aliphatic heterocycles. The maximum Gasteiger partial charge on any atom is 0.471 e. The predicted molar refractivity (Wildman–Crippen MR) is 55.7 cm³/mol. The van der Waals surface area contributed by atoms with Crippen molar-refractivity contribution in [3.8, 4) is 0 Å². The third kappa shape index (κ3) is 4.00. The molecular formula is C9H9F3N2O3S. The van der Waals surface area contributed by atoms with Crippen molar-refractivity contribution in [1.82, 2.24) is 5.32 Å². The van der Waals surface area contributed by atoms with E-state index in [9.17, 15) is 26.4 Å². The Morgan fingerprint density at radius 2 is 1.94 bits per heavy atom. The van der Waals surface area contributed by atoms with Gasteiger partial charge in [0.05, 0.1) is 4.90 Å². The van der Waals surface area contributed by atoms with Crippen LogP contribution in [0.15, 0.2) is 29.2 Å². The molecule has 1 rings (SSSR count). The fourth-order valence-electron chi connectivity index (χ4n) is 1.11. The van der Waals surface area contributed by atoms with Gasteiger partial charge in [-0.1, -0.05) is 12.1 Å². The van der Waals surface area contributed by atoms with Crippen molar-refractivity contribution < 1.29 is 26.4 Å². The summed E-state index contributed by atoms with van der Waals surface area (Å²) in [6.07, 6.45) is -4.97. The molecule has 0 aromatic heterocycles. The number of sulfonamides is 1. The van der Waals surface area contributed by atoms with Gasteiger partial charge in [-0.2, -0.15) is 13.2 Å². The topological polar surface area (TPSA) is 89.3 Å². The summed E-state index contributed by atoms with van der Waals surface area (Å²) in [6, 6.07) is 4.97. The first-order valence-corrected chi connectivity index (χ1v) is 6.12. The van der Waals surface area contributed by atoms with Crippen molar-refractivity contribution in [2.45, 2.75) is 17.6 Å². The van der Waals surface area contributed by atoms with Gasteiger partial charge in [0, 0.05) is 6.54 Å². The number of hydrogen-bond acceptors (Lipinski definition) is 3. The average molecular weight is 282 g/mol. The molecule has 1 amide bonds. The fraction of sp³-hybridized carbons (Fsp3) is 0.222. The molecule has 1 aromatic carbocycles. The van der Waals surface area contributed by atoms with Crippen LogP contribution in [0.25, 0.3) is 0 Å². The zero-order valence-electron chi connectivity index (χ0n) is 8.86. The minimum absolute atomic E-state index is 0.194. The van der Waals surface area contributed by atoms with Gasteiger partial charge in [0.1, 0.15) is 0 Å². The van der Waals surface area contributed by atoms with Crippen LogP contribution in [0.4, 0.5) is 13.2 Å². The van der Waals surface area contributed by atoms with Crippen LogP contribution in [0, 0.1) is 0 Å². The molecule has 9 heteroatoms. The van der Waals surface area contributed by atoms with E-state index in [1.165, 1.54) is 18.2 Å². The third-order valence-electron chi connectivity index (χ3n) is 1.94. The zero-order valence-corrected chi connectivity index (χ0v) is 9.68. The number of alkyl halides is 3. The Morgan fingerprint density at radius 1 is 1.33 bits per heavy atom. The molecule has 100 valence electrons. The first-order chi connectivity index (χ1) is 8.10. The number of nitrogens with one attached hydrogen (secondary N) is 1. The summed E-state index contributed by atoms with van der Waals surface area (Å²) in [6.45, 7) is -0.443. The Morgan fingerprint density at radius 3 is 2.44 bits per heavy atom. The summed E-state index contributed by atoms with van der Waals surface area (Å²) in [5, 5.41) is 6.47. The smallest absolute Gasteiger partial charge is 0.344 e. The molecule has 0 atom stereocenters. The Balaban J connectivity index is 2.79. The van der Waals surface area contributed by atoms with Crippen LogP contribution in [0.2, 0.25) is 0 Å². The molecule has 0 aliphatic rings. The number of halogens is 3. The van der Waals surface area contributed by atoms with Gasteiger partial charge in [0.25, 0.3) is 0 Å². The number of primary sulfonamides is 1. The molecule has 3 N–H and O–H groups in total. The molecule has 0 radical (unpaired) electrons. The van der Waals surface area contributed by atoms with Crippen LogP contribution < -0.4 is 10.5 Å². The number of nitrogens with two attached hydrogens (primary N) is 1. The molecule has 0 spiro atoms. The number of hydrogen-bond donors (Lipinski definition) is 2. The first-order valence-electron chi connectivity index (χ1n) is 4.57. The first kappa shape index (κ1) is 14.5. The van der Waals surface area contributed by atoms with E-state index in [4.69, 9.17) is 5.14 Å². The molecule has 18 heavy (non-hydrogen) atoms. The molecule has 0 saturated heterocycles. The van der Waals surface area contributed by atoms with E-state index >= 15 is 0 Å². The van der Waals surface area contributed by atoms with E-state index in [2.05, 4.69) is 0 Å². The molecule has 0 heterocycles. The van der Waals surface area contributed by atoms with Crippen LogP contribution in [0.5, 0.6) is 0 Å². The van der Waals surface area contributed by atoms with Crippen molar-refractivity contribution in [1.29, 1.82) is 0 Å². The second-order valence-electron chi connectivity index (χ2n) is 3.37. The minimum atomic E-state index is -4.97. The quantitative estimate of drug-likeness (QED) is 0.846. The van der Waals surface area contributed by atoms with Crippen molar-refractivity contribution in [2.75, 3.05) is 0 Å². The molecule has 0 saturated carbocycles. The highest BCUT2D eigenvalue weighted by molar-refractivity contribution is 7.89. The van der Waals surface area contributed by atoms with Crippen LogP contribution in [0.1, 0.15) is 5.56 Å². The summed E-state index contributed by atoms with van der Waals surface area (Å²) in [4.78, 5) is 10.3. The summed E-state index contributed by atoms with van der Waals surface area (Å²) in [5.74, 6) is -2.09. The lowest BCUT2D eigenvalue weighted by Gasteiger charge is -2.08. The number of amides is 1. The van der Waals surface area contributed by atoms with E-state index in [1.807, 2.05) is 0 Å². The Hall–Kier alpha value is -1.61. The summed E-state index contributed by atoms with van der Waals surface area (Å²) < 4.78 is 57.7. The molecular weight excluding hydrogens is 273 g/mol. The molecule has 0 aliphatic carbocycles. The minimum Gasteiger partial charge on any atom is -0.344 e. The lowest BCUT2D eigenvalue weighted by Crippen LogP contribution is -2.36. The van der Waals surface area contributed by atoms with Crippen LogP contribution >= 0.6 is 0 Å². The van der Waals surface area contributed by atoms with Gasteiger partial charge in [-0.15, -0.1) is 0 Å². The summed E-state index contributed by atoms with van der Waals surface area (Å²) in [7, 11) is -3.93. The highest BCUT2D eigenvalue weighted by atomic mass is 32.2. The van der Waals surface area contributed by atoms with Gasteiger partial charge in [-0.05, 0) is 17.7 Å². The second-order valence-corrected chi connectivity index (χ2v) is 4.93. The van der Waals surface area contributed by atoms with Gasteiger partial charge in [0.15, 0.2) is 0 Å². The van der Waals surface area contributed by atoms with Crippen LogP contribution in [-0.2, 0) is 21.4 Å². The average Bonchev–Trinajstić information content (AvgIpc) is 2.23. The largest absolute Gasteiger partial charge is 0.471 e. The number of carbonyl (C=O) groups excluding carboxylic acids is 1. The van der Waals surface area contributed by atoms with Gasteiger partial charge in [-0.25, -0.2) is 13.6 Å². The number of rotatable bonds is 3. The van der Waals surface area contributed by atoms with E-state index in [0.29, 0.717) is 0 Å². The highest BCUT2D eigenvalue weighted by Crippen LogP contribution is 2.15. The molecule has 0 bridgehead atoms. The lowest BCUT2D eigenvalue weighted by atomic mass is 10.2. The standard InChI is InChI=1S/C9H9F3N2O3S/c10-9(11,12)8(15)14-5-6-2-1-3-7(4-6)18(13,16)17/h1-4H,5H2,(H,14,15)(H2,13,16,17). The molecule has 5 nitrogen and oxygen atoms in total. The van der Waals surface area contributed by atoms with E-state index in [0.717, 1.165) is 6.07 Å². The van der Waals surface area contributed by atoms with Gasteiger partial charge >= 0.3 is 12.1 Å². The third-order valence-corrected chi connectivity index (χ3v) is 2.85. The van der Waals surface area contributed by atoms with Gasteiger partial charge in [0.2, 0.25) is 10.0 Å². The van der Waals surface area contributed by atoms with E-state index in [-0.39, 0.29) is 10.5 Å².